The van der Waals surface area contributed by atoms with Crippen LogP contribution in [0.25, 0.3) is 0 Å². The highest BCUT2D eigenvalue weighted by Crippen LogP contribution is 2.25. The molecule has 1 amide bonds. The summed E-state index contributed by atoms with van der Waals surface area (Å²) >= 11 is 0. The maximum absolute atomic E-state index is 11.2. The zero-order chi connectivity index (χ0) is 10.3. The van der Waals surface area contributed by atoms with Gasteiger partial charge in [-0.1, -0.05) is 5.59 Å². The Hall–Kier alpha value is -2.35. The lowest BCUT2D eigenvalue weighted by molar-refractivity contribution is 0.0998. The fourth-order valence-corrected chi connectivity index (χ4v) is 1.18. The fourth-order valence-electron chi connectivity index (χ4n) is 1.18. The molecule has 0 saturated heterocycles. The second kappa shape index (κ2) is 2.82. The summed E-state index contributed by atoms with van der Waals surface area (Å²) in [7, 11) is 0. The molecule has 8 heteroatoms. The first kappa shape index (κ1) is 8.00. The first-order chi connectivity index (χ1) is 7.34. The molecule has 74 valence electrons. The monoisotopic (exact) mass is 204 g/mol. The van der Waals surface area contributed by atoms with E-state index in [4.69, 9.17) is 4.84 Å². The minimum absolute atomic E-state index is 0.196. The van der Waals surface area contributed by atoms with Crippen molar-refractivity contribution in [1.29, 1.82) is 0 Å². The van der Waals surface area contributed by atoms with E-state index in [9.17, 15) is 4.79 Å². The maximum atomic E-state index is 11.2. The van der Waals surface area contributed by atoms with Crippen LogP contribution in [0.1, 0.15) is 10.5 Å². The van der Waals surface area contributed by atoms with Crippen LogP contribution >= 0.6 is 0 Å². The summed E-state index contributed by atoms with van der Waals surface area (Å²) in [6, 6.07) is 0. The lowest BCUT2D eigenvalue weighted by atomic mass is 10.3. The number of nitrogens with one attached hydrogen (secondary N) is 1. The largest absolute Gasteiger partial charge is 0.395 e. The normalized spacial score (nSPS) is 17.1. The number of hydrogen-bond acceptors (Lipinski definition) is 7. The molecule has 3 heterocycles. The molecular formula is C7H4N6O2. The summed E-state index contributed by atoms with van der Waals surface area (Å²) < 4.78 is 0. The van der Waals surface area contributed by atoms with E-state index >= 15 is 0 Å². The number of aromatic nitrogens is 2. The van der Waals surface area contributed by atoms with E-state index in [0.29, 0.717) is 11.6 Å². The van der Waals surface area contributed by atoms with E-state index in [-0.39, 0.29) is 5.69 Å². The van der Waals surface area contributed by atoms with Crippen LogP contribution in [0.3, 0.4) is 0 Å². The van der Waals surface area contributed by atoms with Crippen LogP contribution in [0.4, 0.5) is 11.6 Å². The molecule has 3 rings (SSSR count). The third-order valence-electron chi connectivity index (χ3n) is 1.85. The molecule has 0 fully saturated rings. The second-order valence-electron chi connectivity index (χ2n) is 2.77. The average Bonchev–Trinajstić information content (AvgIpc) is 2.88. The van der Waals surface area contributed by atoms with E-state index < -0.39 is 5.91 Å². The van der Waals surface area contributed by atoms with E-state index in [0.717, 1.165) is 0 Å². The van der Waals surface area contributed by atoms with Crippen molar-refractivity contribution in [3.63, 3.8) is 0 Å². The molecule has 15 heavy (non-hydrogen) atoms. The second-order valence-corrected chi connectivity index (χ2v) is 2.77. The zero-order valence-corrected chi connectivity index (χ0v) is 7.28. The lowest BCUT2D eigenvalue weighted by Gasteiger charge is -2.10. The molecule has 0 radical (unpaired) electrons. The van der Waals surface area contributed by atoms with E-state index in [1.807, 2.05) is 0 Å². The molecule has 0 atom stereocenters. The van der Waals surface area contributed by atoms with Crippen LogP contribution in [0.5, 0.6) is 0 Å². The van der Waals surface area contributed by atoms with Crippen LogP contribution in [0.15, 0.2) is 28.9 Å². The minimum Gasteiger partial charge on any atom is -0.395 e. The molecule has 1 N–H and O–H groups in total. The summed E-state index contributed by atoms with van der Waals surface area (Å²) in [4.78, 5) is 23.9. The Morgan fingerprint density at radius 1 is 1.40 bits per heavy atom. The zero-order valence-electron chi connectivity index (χ0n) is 7.28. The van der Waals surface area contributed by atoms with Crippen molar-refractivity contribution in [2.75, 3.05) is 5.01 Å². The Morgan fingerprint density at radius 2 is 2.33 bits per heavy atom. The Bertz CT molecular complexity index is 496. The van der Waals surface area contributed by atoms with Crippen molar-refractivity contribution >= 4 is 17.5 Å². The van der Waals surface area contributed by atoms with Gasteiger partial charge in [0, 0.05) is 0 Å². The van der Waals surface area contributed by atoms with Gasteiger partial charge in [0.2, 0.25) is 5.95 Å². The van der Waals surface area contributed by atoms with E-state index in [1.54, 1.807) is 6.20 Å². The molecule has 1 aromatic rings. The number of hydrazine groups is 1. The minimum atomic E-state index is -0.460. The van der Waals surface area contributed by atoms with Gasteiger partial charge in [0.15, 0.2) is 5.69 Å². The molecule has 2 aliphatic rings. The van der Waals surface area contributed by atoms with E-state index in [2.05, 4.69) is 25.8 Å². The smallest absolute Gasteiger partial charge is 0.316 e. The molecule has 0 aliphatic carbocycles. The summed E-state index contributed by atoms with van der Waals surface area (Å²) in [6.45, 7) is 0. The highest BCUT2D eigenvalue weighted by molar-refractivity contribution is 5.99. The Kier molecular flexibility index (Phi) is 1.50. The van der Waals surface area contributed by atoms with Crippen molar-refractivity contribution in [2.24, 2.45) is 10.2 Å². The summed E-state index contributed by atoms with van der Waals surface area (Å²) in [5.41, 5.74) is 3.08. The number of carbonyl (C=O) groups excluding carboxylic acids is 1. The van der Waals surface area contributed by atoms with Gasteiger partial charge < -0.3 is 4.84 Å². The van der Waals surface area contributed by atoms with Crippen molar-refractivity contribution in [3.05, 3.63) is 24.4 Å². The molecule has 0 bridgehead atoms. The van der Waals surface area contributed by atoms with Crippen molar-refractivity contribution in [1.82, 2.24) is 15.6 Å². The van der Waals surface area contributed by atoms with Gasteiger partial charge in [0.1, 0.15) is 11.9 Å². The quantitative estimate of drug-likeness (QED) is 0.713. The van der Waals surface area contributed by atoms with Gasteiger partial charge in [-0.2, -0.15) is 0 Å². The number of rotatable bonds is 1. The predicted molar refractivity (Wildman–Crippen MR) is 46.7 cm³/mol. The molecule has 0 saturated carbocycles. The van der Waals surface area contributed by atoms with Gasteiger partial charge >= 0.3 is 5.91 Å². The number of amides is 1. The molecule has 1 aromatic heterocycles. The maximum Gasteiger partial charge on any atom is 0.316 e. The molecule has 0 spiro atoms. The van der Waals surface area contributed by atoms with Crippen molar-refractivity contribution in [3.8, 4) is 0 Å². The first-order valence-electron chi connectivity index (χ1n) is 4.05. The molecule has 0 unspecified atom stereocenters. The standard InChI is InChI=1S/C7H4N6O2/c14-6-5-4(10-11-6)3-8-7(9-5)13-1-2-15-12-13/h1-3,12H. The first-order valence-corrected chi connectivity index (χ1v) is 4.05. The Balaban J connectivity index is 2.03. The topological polar surface area (TPSA) is 92.1 Å². The average molecular weight is 204 g/mol. The molecule has 2 aliphatic heterocycles. The SMILES string of the molecule is O=C1N=Nc2cnc(N3C=CON3)nc21. The van der Waals surface area contributed by atoms with Crippen LogP contribution in [0, 0.1) is 0 Å². The Morgan fingerprint density at radius 3 is 3.13 bits per heavy atom. The van der Waals surface area contributed by atoms with Crippen LogP contribution in [0.2, 0.25) is 0 Å². The lowest BCUT2D eigenvalue weighted by Crippen LogP contribution is -2.29. The van der Waals surface area contributed by atoms with E-state index in [1.165, 1.54) is 17.5 Å². The van der Waals surface area contributed by atoms with Gasteiger partial charge in [-0.15, -0.1) is 10.2 Å². The fraction of sp³-hybridized carbons (Fsp3) is 0. The van der Waals surface area contributed by atoms with Gasteiger partial charge in [0.25, 0.3) is 0 Å². The molecule has 8 nitrogen and oxygen atoms in total. The molecule has 0 aromatic carbocycles. The third kappa shape index (κ3) is 1.15. The highest BCUT2D eigenvalue weighted by Gasteiger charge is 2.22. The number of carbonyl (C=O) groups is 1. The predicted octanol–water partition coefficient (Wildman–Crippen LogP) is 0.442. The summed E-state index contributed by atoms with van der Waals surface area (Å²) in [5, 5.41) is 8.40. The Labute approximate surface area is 83.2 Å². The van der Waals surface area contributed by atoms with Gasteiger partial charge in [-0.3, -0.25) is 4.79 Å². The van der Waals surface area contributed by atoms with Crippen molar-refractivity contribution in [2.45, 2.75) is 0 Å². The van der Waals surface area contributed by atoms with Gasteiger partial charge in [-0.25, -0.2) is 15.0 Å². The number of anilines is 1. The van der Waals surface area contributed by atoms with Crippen LogP contribution < -0.4 is 10.6 Å². The van der Waals surface area contributed by atoms with Crippen molar-refractivity contribution < 1.29 is 9.63 Å². The number of hydrogen-bond donors (Lipinski definition) is 1. The van der Waals surface area contributed by atoms with Gasteiger partial charge in [-0.05, 0) is 0 Å². The summed E-state index contributed by atoms with van der Waals surface area (Å²) in [5.74, 6) is -0.166. The van der Waals surface area contributed by atoms with Gasteiger partial charge in [0.05, 0.1) is 12.4 Å². The third-order valence-corrected chi connectivity index (χ3v) is 1.85. The molecular weight excluding hydrogens is 200 g/mol. The summed E-state index contributed by atoms with van der Waals surface area (Å²) in [6.07, 6.45) is 4.43. The number of azo groups is 1. The number of nitrogens with zero attached hydrogens (tertiary/aromatic N) is 5. The van der Waals surface area contributed by atoms with Crippen LogP contribution in [-0.4, -0.2) is 15.9 Å². The number of fused-ring (bicyclic) bond motifs is 1. The highest BCUT2D eigenvalue weighted by atomic mass is 16.7. The van der Waals surface area contributed by atoms with Crippen LogP contribution in [-0.2, 0) is 4.84 Å².